The molecule has 1 aliphatic carbocycles. The highest BCUT2D eigenvalue weighted by atomic mass is 19.4. The van der Waals surface area contributed by atoms with Crippen LogP contribution in [0.3, 0.4) is 0 Å². The lowest BCUT2D eigenvalue weighted by Crippen LogP contribution is -2.47. The van der Waals surface area contributed by atoms with Crippen molar-refractivity contribution in [3.05, 3.63) is 133 Å². The van der Waals surface area contributed by atoms with Crippen LogP contribution >= 0.6 is 0 Å². The molecule has 4 rings (SSSR count). The van der Waals surface area contributed by atoms with Crippen molar-refractivity contribution in [2.24, 2.45) is 0 Å². The summed E-state index contributed by atoms with van der Waals surface area (Å²) in [5, 5.41) is 5.33. The minimum Gasteiger partial charge on any atom is -0.465 e. The first-order valence-corrected chi connectivity index (χ1v) is 16.3. The van der Waals surface area contributed by atoms with E-state index in [0.717, 1.165) is 61.2 Å². The van der Waals surface area contributed by atoms with Crippen molar-refractivity contribution in [3.63, 3.8) is 0 Å². The van der Waals surface area contributed by atoms with E-state index in [2.05, 4.69) is 28.7 Å². The predicted molar refractivity (Wildman–Crippen MR) is 185 cm³/mol. The van der Waals surface area contributed by atoms with Gasteiger partial charge in [0.05, 0.1) is 11.7 Å². The molecule has 2 aromatic rings. The summed E-state index contributed by atoms with van der Waals surface area (Å²) < 4.78 is 45.1. The number of rotatable bonds is 15. The average Bonchev–Trinajstić information content (AvgIpc) is 3.32. The molecule has 0 spiro atoms. The molecule has 2 N–H and O–H groups in total. The molecule has 2 aliphatic rings. The third-order valence-electron chi connectivity index (χ3n) is 8.89. The number of fused-ring (bicyclic) bond motifs is 1. The van der Waals surface area contributed by atoms with E-state index in [1.54, 1.807) is 67.0 Å². The number of unbranched alkanes of at least 4 members (excludes halogenated alkanes) is 1. The number of nitrogens with one attached hydrogen (secondary N) is 2. The van der Waals surface area contributed by atoms with E-state index in [-0.39, 0.29) is 11.9 Å². The summed E-state index contributed by atoms with van der Waals surface area (Å²) in [6.45, 7) is 10.2. The molecule has 1 unspecified atom stereocenters. The first-order valence-electron chi connectivity index (χ1n) is 16.3. The van der Waals surface area contributed by atoms with Gasteiger partial charge in [-0.1, -0.05) is 86.4 Å². The van der Waals surface area contributed by atoms with Crippen molar-refractivity contribution in [3.8, 4) is 5.75 Å². The maximum Gasteiger partial charge on any atom is 0.405 e. The van der Waals surface area contributed by atoms with Crippen molar-refractivity contribution < 1.29 is 27.5 Å². The number of carbonyl (C=O) groups excluding carboxylic acids is 2. The fourth-order valence-electron chi connectivity index (χ4n) is 6.47. The standard InChI is InChI=1S/C39H44F3N3O3/c1-4-6-8-13-26-48-32-16-14-15-30(27-32)36(46)44-31-20-24-45(25-21-31)23-12-11-22-38(37(47)43-28-39(40,41)42)29(3)33(17-7-5-2)34-18-9-10-19-35(34)38/h4-10,13-19,26-27,31H,1-2,11-12,20-25,28H2,3H3,(H,43,47)(H,44,46)/b8-6-,17-7-,26-13+. The summed E-state index contributed by atoms with van der Waals surface area (Å²) in [4.78, 5) is 29.0. The van der Waals surface area contributed by atoms with Crippen LogP contribution in [0.15, 0.2) is 116 Å². The summed E-state index contributed by atoms with van der Waals surface area (Å²) in [6, 6.07) is 14.5. The predicted octanol–water partition coefficient (Wildman–Crippen LogP) is 7.83. The maximum atomic E-state index is 13.7. The van der Waals surface area contributed by atoms with Crippen molar-refractivity contribution in [1.29, 1.82) is 0 Å². The van der Waals surface area contributed by atoms with Crippen LogP contribution in [0.2, 0.25) is 0 Å². The molecule has 1 saturated heterocycles. The van der Waals surface area contributed by atoms with Gasteiger partial charge in [-0.05, 0) is 85.7 Å². The second-order valence-corrected chi connectivity index (χ2v) is 12.0. The van der Waals surface area contributed by atoms with Crippen molar-refractivity contribution >= 4 is 17.4 Å². The van der Waals surface area contributed by atoms with Gasteiger partial charge in [0, 0.05) is 24.7 Å². The third kappa shape index (κ3) is 9.25. The van der Waals surface area contributed by atoms with Crippen LogP contribution in [0.5, 0.6) is 5.75 Å². The topological polar surface area (TPSA) is 70.7 Å². The van der Waals surface area contributed by atoms with Gasteiger partial charge >= 0.3 is 6.18 Å². The highest BCUT2D eigenvalue weighted by Crippen LogP contribution is 2.50. The van der Waals surface area contributed by atoms with Gasteiger partial charge in [0.2, 0.25) is 5.91 Å². The number of amides is 2. The highest BCUT2D eigenvalue weighted by molar-refractivity contribution is 6.01. The monoisotopic (exact) mass is 659 g/mol. The lowest BCUT2D eigenvalue weighted by atomic mass is 9.73. The molecular formula is C39H44F3N3O3. The lowest BCUT2D eigenvalue weighted by molar-refractivity contribution is -0.141. The number of piperidine rings is 1. The van der Waals surface area contributed by atoms with Crippen LogP contribution in [0, 0.1) is 0 Å². The number of carbonyl (C=O) groups is 2. The Morgan fingerprint density at radius 3 is 2.48 bits per heavy atom. The Kier molecular flexibility index (Phi) is 12.8. The van der Waals surface area contributed by atoms with Crippen molar-refractivity contribution in [1.82, 2.24) is 15.5 Å². The number of hydrogen-bond acceptors (Lipinski definition) is 4. The van der Waals surface area contributed by atoms with Crippen LogP contribution in [0.1, 0.15) is 60.5 Å². The van der Waals surface area contributed by atoms with E-state index < -0.39 is 24.0 Å². The Balaban J connectivity index is 1.33. The molecule has 0 saturated carbocycles. The summed E-state index contributed by atoms with van der Waals surface area (Å²) in [5.74, 6) is -0.208. The van der Waals surface area contributed by atoms with Crippen LogP contribution in [-0.2, 0) is 10.2 Å². The van der Waals surface area contributed by atoms with Gasteiger partial charge in [-0.15, -0.1) is 0 Å². The van der Waals surface area contributed by atoms with E-state index in [9.17, 15) is 22.8 Å². The number of likely N-dealkylation sites (tertiary alicyclic amines) is 1. The van der Waals surface area contributed by atoms with E-state index >= 15 is 0 Å². The number of halogens is 3. The summed E-state index contributed by atoms with van der Waals surface area (Å²) >= 11 is 0. The Labute approximate surface area is 281 Å². The minimum absolute atomic E-state index is 0.0488. The largest absolute Gasteiger partial charge is 0.465 e. The Hall–Kier alpha value is -4.63. The zero-order valence-electron chi connectivity index (χ0n) is 27.4. The quantitative estimate of drug-likeness (QED) is 0.116. The summed E-state index contributed by atoms with van der Waals surface area (Å²) in [5.41, 5.74) is 2.50. The molecule has 48 heavy (non-hydrogen) atoms. The first kappa shape index (κ1) is 36.2. The molecule has 1 heterocycles. The van der Waals surface area contributed by atoms with Crippen LogP contribution in [0.25, 0.3) is 5.57 Å². The average molecular weight is 660 g/mol. The van der Waals surface area contributed by atoms with E-state index in [0.29, 0.717) is 24.2 Å². The first-order chi connectivity index (χ1) is 23.1. The number of alkyl halides is 3. The molecule has 0 radical (unpaired) electrons. The number of ether oxygens (including phenoxy) is 1. The molecular weight excluding hydrogens is 615 g/mol. The summed E-state index contributed by atoms with van der Waals surface area (Å²) in [6.07, 6.45) is 12.7. The Bertz CT molecular complexity index is 1580. The van der Waals surface area contributed by atoms with E-state index in [1.807, 2.05) is 37.3 Å². The minimum atomic E-state index is -4.51. The van der Waals surface area contributed by atoms with Crippen LogP contribution in [-0.4, -0.2) is 55.1 Å². The molecule has 0 aromatic heterocycles. The molecule has 254 valence electrons. The van der Waals surface area contributed by atoms with Gasteiger partial charge in [0.1, 0.15) is 12.3 Å². The van der Waals surface area contributed by atoms with Gasteiger partial charge in [-0.2, -0.15) is 13.2 Å². The zero-order valence-corrected chi connectivity index (χ0v) is 27.4. The number of hydrogen-bond donors (Lipinski definition) is 2. The molecule has 0 bridgehead atoms. The molecule has 1 fully saturated rings. The molecule has 1 aliphatic heterocycles. The van der Waals surface area contributed by atoms with Gasteiger partial charge in [-0.3, -0.25) is 9.59 Å². The molecule has 2 amide bonds. The van der Waals surface area contributed by atoms with Gasteiger partial charge < -0.3 is 20.3 Å². The zero-order chi connectivity index (χ0) is 34.6. The van der Waals surface area contributed by atoms with Crippen LogP contribution in [0.4, 0.5) is 13.2 Å². The molecule has 2 aromatic carbocycles. The molecule has 9 heteroatoms. The fourth-order valence-corrected chi connectivity index (χ4v) is 6.47. The number of allylic oxidation sites excluding steroid dienone is 8. The van der Waals surface area contributed by atoms with E-state index in [1.165, 1.54) is 0 Å². The SMILES string of the molecule is C=C/C=C\C=C\Oc1cccc(C(=O)NC2CCN(CCCCC3(C(=O)NCC(F)(F)F)C(C)=C(/C=C\C=C)c4ccccc43)CC2)c1. The Morgan fingerprint density at radius 2 is 1.75 bits per heavy atom. The summed E-state index contributed by atoms with van der Waals surface area (Å²) in [7, 11) is 0. The maximum absolute atomic E-state index is 13.7. The van der Waals surface area contributed by atoms with E-state index in [4.69, 9.17) is 4.74 Å². The smallest absolute Gasteiger partial charge is 0.405 e. The third-order valence-corrected chi connectivity index (χ3v) is 8.89. The van der Waals surface area contributed by atoms with Gasteiger partial charge in [0.15, 0.2) is 0 Å². The lowest BCUT2D eigenvalue weighted by Gasteiger charge is -2.34. The number of benzene rings is 2. The van der Waals surface area contributed by atoms with Crippen LogP contribution < -0.4 is 15.4 Å². The normalized spacial score (nSPS) is 18.8. The molecule has 6 nitrogen and oxygen atoms in total. The number of nitrogens with zero attached hydrogens (tertiary/aromatic N) is 1. The van der Waals surface area contributed by atoms with Gasteiger partial charge in [0.25, 0.3) is 5.91 Å². The van der Waals surface area contributed by atoms with Crippen molar-refractivity contribution in [2.45, 2.75) is 56.7 Å². The fraction of sp³-hybridized carbons (Fsp3) is 0.333. The Morgan fingerprint density at radius 1 is 1.00 bits per heavy atom. The second kappa shape index (κ2) is 17.0. The van der Waals surface area contributed by atoms with Gasteiger partial charge in [-0.25, -0.2) is 0 Å². The second-order valence-electron chi connectivity index (χ2n) is 12.0. The molecule has 1 atom stereocenters. The highest BCUT2D eigenvalue weighted by Gasteiger charge is 2.48. The van der Waals surface area contributed by atoms with Crippen molar-refractivity contribution in [2.75, 3.05) is 26.2 Å².